The van der Waals surface area contributed by atoms with Crippen LogP contribution in [-0.4, -0.2) is 23.3 Å². The second-order valence-electron chi connectivity index (χ2n) is 6.25. The SMILES string of the molecule is CC(NCC1(O)CCCCC1)C(C)(C)C. The molecule has 0 amide bonds. The van der Waals surface area contributed by atoms with Crippen molar-refractivity contribution in [1.29, 1.82) is 0 Å². The molecule has 1 aliphatic rings. The normalized spacial score (nSPS) is 23.8. The van der Waals surface area contributed by atoms with Crippen LogP contribution in [0.1, 0.15) is 59.8 Å². The van der Waals surface area contributed by atoms with Gasteiger partial charge in [-0.3, -0.25) is 0 Å². The molecule has 0 aromatic carbocycles. The average molecular weight is 213 g/mol. The third-order valence-electron chi connectivity index (χ3n) is 3.82. The summed E-state index contributed by atoms with van der Waals surface area (Å²) >= 11 is 0. The fourth-order valence-corrected chi connectivity index (χ4v) is 2.04. The molecule has 1 rings (SSSR count). The first kappa shape index (κ1) is 13.0. The summed E-state index contributed by atoms with van der Waals surface area (Å²) in [7, 11) is 0. The predicted octanol–water partition coefficient (Wildman–Crippen LogP) is 2.71. The Hall–Kier alpha value is -0.0800. The molecule has 0 aliphatic heterocycles. The molecule has 0 aromatic heterocycles. The summed E-state index contributed by atoms with van der Waals surface area (Å²) in [5.41, 5.74) is -0.164. The van der Waals surface area contributed by atoms with Crippen molar-refractivity contribution in [2.75, 3.05) is 6.54 Å². The van der Waals surface area contributed by atoms with E-state index in [4.69, 9.17) is 0 Å². The van der Waals surface area contributed by atoms with Gasteiger partial charge in [0.1, 0.15) is 0 Å². The van der Waals surface area contributed by atoms with E-state index >= 15 is 0 Å². The van der Waals surface area contributed by atoms with E-state index in [-0.39, 0.29) is 5.41 Å². The number of nitrogens with one attached hydrogen (secondary N) is 1. The first-order valence-electron chi connectivity index (χ1n) is 6.29. The zero-order valence-corrected chi connectivity index (χ0v) is 10.8. The molecule has 0 spiro atoms. The van der Waals surface area contributed by atoms with Gasteiger partial charge in [0.25, 0.3) is 0 Å². The maximum Gasteiger partial charge on any atom is 0.0771 e. The van der Waals surface area contributed by atoms with Crippen molar-refractivity contribution in [1.82, 2.24) is 5.32 Å². The zero-order valence-electron chi connectivity index (χ0n) is 10.8. The van der Waals surface area contributed by atoms with Gasteiger partial charge in [-0.1, -0.05) is 40.0 Å². The van der Waals surface area contributed by atoms with Crippen LogP contribution in [0.2, 0.25) is 0 Å². The highest BCUT2D eigenvalue weighted by Crippen LogP contribution is 2.28. The molecule has 1 aliphatic carbocycles. The molecule has 1 unspecified atom stereocenters. The topological polar surface area (TPSA) is 32.3 Å². The van der Waals surface area contributed by atoms with E-state index in [0.717, 1.165) is 19.4 Å². The van der Waals surface area contributed by atoms with Crippen LogP contribution >= 0.6 is 0 Å². The summed E-state index contributed by atoms with van der Waals surface area (Å²) in [6.45, 7) is 9.65. The minimum absolute atomic E-state index is 0.269. The van der Waals surface area contributed by atoms with Gasteiger partial charge in [0, 0.05) is 12.6 Å². The van der Waals surface area contributed by atoms with Crippen molar-refractivity contribution in [3.63, 3.8) is 0 Å². The Morgan fingerprint density at radius 3 is 2.20 bits per heavy atom. The van der Waals surface area contributed by atoms with Gasteiger partial charge in [0.05, 0.1) is 5.60 Å². The maximum absolute atomic E-state index is 10.3. The van der Waals surface area contributed by atoms with Crippen molar-refractivity contribution in [2.24, 2.45) is 5.41 Å². The summed E-state index contributed by atoms with van der Waals surface area (Å²) < 4.78 is 0. The molecule has 90 valence electrons. The van der Waals surface area contributed by atoms with Crippen molar-refractivity contribution in [2.45, 2.75) is 71.4 Å². The molecule has 0 heterocycles. The lowest BCUT2D eigenvalue weighted by atomic mass is 9.83. The van der Waals surface area contributed by atoms with E-state index in [1.807, 2.05) is 0 Å². The maximum atomic E-state index is 10.3. The minimum Gasteiger partial charge on any atom is -0.389 e. The van der Waals surface area contributed by atoms with E-state index in [1.54, 1.807) is 0 Å². The van der Waals surface area contributed by atoms with Gasteiger partial charge in [0.2, 0.25) is 0 Å². The molecule has 2 N–H and O–H groups in total. The van der Waals surface area contributed by atoms with Crippen LogP contribution in [0.4, 0.5) is 0 Å². The fourth-order valence-electron chi connectivity index (χ4n) is 2.04. The van der Waals surface area contributed by atoms with E-state index in [9.17, 15) is 5.11 Å². The highest BCUT2D eigenvalue weighted by atomic mass is 16.3. The van der Waals surface area contributed by atoms with Crippen LogP contribution in [0.25, 0.3) is 0 Å². The lowest BCUT2D eigenvalue weighted by molar-refractivity contribution is 0.000108. The molecular formula is C13H27NO. The number of hydrogen-bond acceptors (Lipinski definition) is 2. The highest BCUT2D eigenvalue weighted by Gasteiger charge is 2.30. The second-order valence-corrected chi connectivity index (χ2v) is 6.25. The number of hydrogen-bond donors (Lipinski definition) is 2. The number of rotatable bonds is 3. The standard InChI is InChI=1S/C13H27NO/c1-11(12(2,3)4)14-10-13(15)8-6-5-7-9-13/h11,14-15H,5-10H2,1-4H3. The van der Waals surface area contributed by atoms with Gasteiger partial charge in [-0.25, -0.2) is 0 Å². The largest absolute Gasteiger partial charge is 0.389 e. The first-order chi connectivity index (χ1) is 6.83. The molecule has 1 atom stereocenters. The van der Waals surface area contributed by atoms with Gasteiger partial charge in [-0.05, 0) is 25.2 Å². The Balaban J connectivity index is 2.35. The quantitative estimate of drug-likeness (QED) is 0.755. The Bertz CT molecular complexity index is 189. The van der Waals surface area contributed by atoms with Crippen molar-refractivity contribution < 1.29 is 5.11 Å². The summed E-state index contributed by atoms with van der Waals surface area (Å²) in [5, 5.41) is 13.8. The molecule has 2 nitrogen and oxygen atoms in total. The van der Waals surface area contributed by atoms with Crippen LogP contribution in [0.3, 0.4) is 0 Å². The molecule has 0 radical (unpaired) electrons. The van der Waals surface area contributed by atoms with Crippen molar-refractivity contribution >= 4 is 0 Å². The first-order valence-corrected chi connectivity index (χ1v) is 6.29. The van der Waals surface area contributed by atoms with E-state index in [1.165, 1.54) is 19.3 Å². The third-order valence-corrected chi connectivity index (χ3v) is 3.82. The summed E-state index contributed by atoms with van der Waals surface area (Å²) in [4.78, 5) is 0. The zero-order chi connectivity index (χ0) is 11.5. The molecule has 1 saturated carbocycles. The Labute approximate surface area is 94.5 Å². The molecule has 0 aromatic rings. The minimum atomic E-state index is -0.433. The summed E-state index contributed by atoms with van der Waals surface area (Å²) in [6, 6.07) is 0.448. The van der Waals surface area contributed by atoms with Crippen LogP contribution in [0, 0.1) is 5.41 Å². The van der Waals surface area contributed by atoms with Crippen LogP contribution in [0.5, 0.6) is 0 Å². The lowest BCUT2D eigenvalue weighted by Gasteiger charge is -2.36. The predicted molar refractivity (Wildman–Crippen MR) is 65.0 cm³/mol. The van der Waals surface area contributed by atoms with Crippen LogP contribution < -0.4 is 5.32 Å². The molecule has 15 heavy (non-hydrogen) atoms. The molecule has 0 saturated heterocycles. The number of aliphatic hydroxyl groups is 1. The molecule has 1 fully saturated rings. The lowest BCUT2D eigenvalue weighted by Crippen LogP contribution is -2.48. The Kier molecular flexibility index (Phi) is 4.19. The van der Waals surface area contributed by atoms with E-state index in [2.05, 4.69) is 33.0 Å². The molecule has 2 heteroatoms. The van der Waals surface area contributed by atoms with Gasteiger partial charge in [0.15, 0.2) is 0 Å². The van der Waals surface area contributed by atoms with Gasteiger partial charge in [-0.15, -0.1) is 0 Å². The van der Waals surface area contributed by atoms with E-state index < -0.39 is 5.60 Å². The van der Waals surface area contributed by atoms with Gasteiger partial charge in [-0.2, -0.15) is 0 Å². The molecule has 0 bridgehead atoms. The van der Waals surface area contributed by atoms with Crippen molar-refractivity contribution in [3.8, 4) is 0 Å². The Morgan fingerprint density at radius 2 is 1.73 bits per heavy atom. The van der Waals surface area contributed by atoms with Gasteiger partial charge < -0.3 is 10.4 Å². The molecular weight excluding hydrogens is 186 g/mol. The van der Waals surface area contributed by atoms with Crippen LogP contribution in [-0.2, 0) is 0 Å². The van der Waals surface area contributed by atoms with E-state index in [0.29, 0.717) is 6.04 Å². The smallest absolute Gasteiger partial charge is 0.0771 e. The monoisotopic (exact) mass is 213 g/mol. The third kappa shape index (κ3) is 4.12. The van der Waals surface area contributed by atoms with Crippen molar-refractivity contribution in [3.05, 3.63) is 0 Å². The summed E-state index contributed by atoms with van der Waals surface area (Å²) in [5.74, 6) is 0. The van der Waals surface area contributed by atoms with Gasteiger partial charge >= 0.3 is 0 Å². The summed E-state index contributed by atoms with van der Waals surface area (Å²) in [6.07, 6.45) is 5.59. The van der Waals surface area contributed by atoms with Crippen LogP contribution in [0.15, 0.2) is 0 Å². The average Bonchev–Trinajstić information content (AvgIpc) is 2.14. The fraction of sp³-hybridized carbons (Fsp3) is 1.00. The highest BCUT2D eigenvalue weighted by molar-refractivity contribution is 4.87. The Morgan fingerprint density at radius 1 is 1.20 bits per heavy atom. The second kappa shape index (κ2) is 4.84.